The van der Waals surface area contributed by atoms with E-state index in [9.17, 15) is 0 Å². The van der Waals surface area contributed by atoms with Gasteiger partial charge < -0.3 is 9.47 Å². The molecular formula is C6H7ClN2O2. The molecule has 0 aliphatic heterocycles. The number of aromatic nitrogens is 2. The van der Waals surface area contributed by atoms with Crippen molar-refractivity contribution in [3.63, 3.8) is 0 Å². The van der Waals surface area contributed by atoms with Gasteiger partial charge in [-0.25, -0.2) is 0 Å². The van der Waals surface area contributed by atoms with Gasteiger partial charge in [0.15, 0.2) is 0 Å². The van der Waals surface area contributed by atoms with Crippen LogP contribution in [-0.2, 0) is 0 Å². The van der Waals surface area contributed by atoms with Crippen LogP contribution in [0, 0.1) is 0 Å². The van der Waals surface area contributed by atoms with E-state index in [-0.39, 0.29) is 0 Å². The summed E-state index contributed by atoms with van der Waals surface area (Å²) < 4.78 is 9.74. The number of hydrogen-bond donors (Lipinski definition) is 0. The lowest BCUT2D eigenvalue weighted by Crippen LogP contribution is -1.95. The maximum atomic E-state index is 5.70. The number of ether oxygens (including phenoxy) is 2. The van der Waals surface area contributed by atoms with Gasteiger partial charge in [-0.1, -0.05) is 11.6 Å². The van der Waals surface area contributed by atoms with Gasteiger partial charge in [-0.05, 0) is 0 Å². The van der Waals surface area contributed by atoms with Gasteiger partial charge in [0.25, 0.3) is 5.88 Å². The summed E-state index contributed by atoms with van der Waals surface area (Å²) in [5, 5.41) is 7.61. The highest BCUT2D eigenvalue weighted by Gasteiger charge is 2.08. The second kappa shape index (κ2) is 3.39. The van der Waals surface area contributed by atoms with Gasteiger partial charge in [0.05, 0.1) is 20.4 Å². The maximum absolute atomic E-state index is 5.70. The fourth-order valence-electron chi connectivity index (χ4n) is 0.657. The number of halogens is 1. The van der Waals surface area contributed by atoms with Crippen molar-refractivity contribution in [3.8, 4) is 11.6 Å². The van der Waals surface area contributed by atoms with Crippen molar-refractivity contribution in [3.05, 3.63) is 11.2 Å². The molecule has 0 saturated heterocycles. The molecule has 1 rings (SSSR count). The highest BCUT2D eigenvalue weighted by atomic mass is 35.5. The zero-order valence-corrected chi connectivity index (χ0v) is 6.92. The van der Waals surface area contributed by atoms with Gasteiger partial charge in [0, 0.05) is 0 Å². The Balaban J connectivity index is 3.13. The topological polar surface area (TPSA) is 44.2 Å². The Bertz CT molecular complexity index is 254. The van der Waals surface area contributed by atoms with Crippen molar-refractivity contribution in [1.29, 1.82) is 0 Å². The van der Waals surface area contributed by atoms with Gasteiger partial charge in [-0.3, -0.25) is 0 Å². The molecule has 0 saturated carbocycles. The van der Waals surface area contributed by atoms with Crippen molar-refractivity contribution < 1.29 is 9.47 Å². The molecule has 0 unspecified atom stereocenters. The Morgan fingerprint density at radius 3 is 2.55 bits per heavy atom. The summed E-state index contributed by atoms with van der Waals surface area (Å²) in [5.41, 5.74) is 0. The average Bonchev–Trinajstić information content (AvgIpc) is 2.04. The summed E-state index contributed by atoms with van der Waals surface area (Å²) in [4.78, 5) is 0. The van der Waals surface area contributed by atoms with E-state index in [0.717, 1.165) is 0 Å². The fourth-order valence-corrected chi connectivity index (χ4v) is 0.858. The zero-order chi connectivity index (χ0) is 8.27. The van der Waals surface area contributed by atoms with E-state index in [1.165, 1.54) is 20.4 Å². The van der Waals surface area contributed by atoms with Crippen molar-refractivity contribution in [1.82, 2.24) is 10.2 Å². The smallest absolute Gasteiger partial charge is 0.277 e. The summed E-state index contributed by atoms with van der Waals surface area (Å²) >= 11 is 5.70. The van der Waals surface area contributed by atoms with Gasteiger partial charge in [-0.15, -0.1) is 5.10 Å². The molecule has 0 aliphatic carbocycles. The van der Waals surface area contributed by atoms with Crippen LogP contribution in [0.2, 0.25) is 5.02 Å². The molecule has 0 spiro atoms. The van der Waals surface area contributed by atoms with Crippen LogP contribution >= 0.6 is 11.6 Å². The zero-order valence-electron chi connectivity index (χ0n) is 6.17. The van der Waals surface area contributed by atoms with Gasteiger partial charge >= 0.3 is 0 Å². The molecule has 0 N–H and O–H groups in total. The Morgan fingerprint density at radius 1 is 1.36 bits per heavy atom. The quantitative estimate of drug-likeness (QED) is 0.675. The van der Waals surface area contributed by atoms with E-state index < -0.39 is 0 Å². The number of rotatable bonds is 2. The van der Waals surface area contributed by atoms with E-state index in [0.29, 0.717) is 16.7 Å². The average molecular weight is 175 g/mol. The molecule has 1 heterocycles. The lowest BCUT2D eigenvalue weighted by Gasteiger charge is -2.04. The van der Waals surface area contributed by atoms with Crippen LogP contribution in [0.15, 0.2) is 6.20 Å². The molecule has 0 radical (unpaired) electrons. The molecule has 0 fully saturated rings. The van der Waals surface area contributed by atoms with Gasteiger partial charge in [0.1, 0.15) is 5.02 Å². The summed E-state index contributed by atoms with van der Waals surface area (Å²) in [5.74, 6) is 0.698. The van der Waals surface area contributed by atoms with E-state index in [2.05, 4.69) is 10.2 Å². The molecular weight excluding hydrogens is 168 g/mol. The molecule has 4 nitrogen and oxygen atoms in total. The first-order valence-corrected chi connectivity index (χ1v) is 3.26. The highest BCUT2D eigenvalue weighted by Crippen LogP contribution is 2.30. The van der Waals surface area contributed by atoms with Crippen LogP contribution in [0.5, 0.6) is 11.6 Å². The van der Waals surface area contributed by atoms with Crippen LogP contribution < -0.4 is 9.47 Å². The van der Waals surface area contributed by atoms with E-state index in [4.69, 9.17) is 21.1 Å². The lowest BCUT2D eigenvalue weighted by molar-refractivity contribution is 0.338. The molecule has 0 aliphatic rings. The number of hydrogen-bond acceptors (Lipinski definition) is 4. The molecule has 1 aromatic heterocycles. The Labute approximate surface area is 69.1 Å². The first-order chi connectivity index (χ1) is 5.29. The number of methoxy groups -OCH3 is 2. The molecule has 5 heteroatoms. The Kier molecular flexibility index (Phi) is 2.48. The molecule has 0 atom stereocenters. The summed E-state index contributed by atoms with van der Waals surface area (Å²) in [6.45, 7) is 0. The summed E-state index contributed by atoms with van der Waals surface area (Å²) in [6.07, 6.45) is 1.39. The third kappa shape index (κ3) is 1.51. The Hall–Kier alpha value is -1.03. The summed E-state index contributed by atoms with van der Waals surface area (Å²) in [7, 11) is 2.97. The predicted molar refractivity (Wildman–Crippen MR) is 40.1 cm³/mol. The van der Waals surface area contributed by atoms with Crippen molar-refractivity contribution in [2.24, 2.45) is 0 Å². The van der Waals surface area contributed by atoms with Crippen molar-refractivity contribution >= 4 is 11.6 Å². The summed E-state index contributed by atoms with van der Waals surface area (Å²) in [6, 6.07) is 0. The van der Waals surface area contributed by atoms with Crippen LogP contribution in [-0.4, -0.2) is 24.4 Å². The molecule has 0 bridgehead atoms. The van der Waals surface area contributed by atoms with Gasteiger partial charge in [0.2, 0.25) is 5.75 Å². The third-order valence-electron chi connectivity index (χ3n) is 1.13. The van der Waals surface area contributed by atoms with Gasteiger partial charge in [-0.2, -0.15) is 5.10 Å². The molecule has 0 aromatic carbocycles. The second-order valence-corrected chi connectivity index (χ2v) is 2.14. The third-order valence-corrected chi connectivity index (χ3v) is 1.40. The molecule has 0 amide bonds. The van der Waals surface area contributed by atoms with Crippen molar-refractivity contribution in [2.75, 3.05) is 14.2 Å². The normalized spacial score (nSPS) is 9.36. The van der Waals surface area contributed by atoms with Crippen LogP contribution in [0.3, 0.4) is 0 Å². The van der Waals surface area contributed by atoms with Crippen LogP contribution in [0.25, 0.3) is 0 Å². The maximum Gasteiger partial charge on any atom is 0.277 e. The monoisotopic (exact) mass is 174 g/mol. The van der Waals surface area contributed by atoms with Crippen LogP contribution in [0.1, 0.15) is 0 Å². The minimum atomic E-state index is 0.292. The molecule has 11 heavy (non-hydrogen) atoms. The van der Waals surface area contributed by atoms with E-state index in [1.807, 2.05) is 0 Å². The van der Waals surface area contributed by atoms with E-state index in [1.54, 1.807) is 0 Å². The first-order valence-electron chi connectivity index (χ1n) is 2.88. The van der Waals surface area contributed by atoms with Crippen LogP contribution in [0.4, 0.5) is 0 Å². The molecule has 60 valence electrons. The van der Waals surface area contributed by atoms with Crippen molar-refractivity contribution in [2.45, 2.75) is 0 Å². The minimum absolute atomic E-state index is 0.292. The minimum Gasteiger partial charge on any atom is -0.490 e. The first kappa shape index (κ1) is 8.07. The largest absolute Gasteiger partial charge is 0.490 e. The standard InChI is InChI=1S/C6H7ClN2O2/c1-10-5-4(7)3-8-9-6(5)11-2/h3H,1-2H3. The number of nitrogens with zero attached hydrogens (tertiary/aromatic N) is 2. The lowest BCUT2D eigenvalue weighted by atomic mass is 10.5. The highest BCUT2D eigenvalue weighted by molar-refractivity contribution is 6.32. The second-order valence-electron chi connectivity index (χ2n) is 1.74. The fraction of sp³-hybridized carbons (Fsp3) is 0.333. The molecule has 1 aromatic rings. The Morgan fingerprint density at radius 2 is 2.09 bits per heavy atom. The van der Waals surface area contributed by atoms with E-state index >= 15 is 0 Å². The SMILES string of the molecule is COc1nncc(Cl)c1OC. The predicted octanol–water partition coefficient (Wildman–Crippen LogP) is 1.15.